The fraction of sp³-hybridized carbons (Fsp3) is 0.700. The molecule has 0 saturated carbocycles. The zero-order chi connectivity index (χ0) is 11.5. The van der Waals surface area contributed by atoms with Gasteiger partial charge in [-0.1, -0.05) is 11.6 Å². The highest BCUT2D eigenvalue weighted by Crippen LogP contribution is 2.42. The Morgan fingerprint density at radius 3 is 2.07 bits per heavy atom. The van der Waals surface area contributed by atoms with Gasteiger partial charge in [-0.25, -0.2) is 0 Å². The Labute approximate surface area is 94.1 Å². The van der Waals surface area contributed by atoms with Crippen LogP contribution in [0.15, 0.2) is 10.8 Å². The van der Waals surface area contributed by atoms with E-state index >= 15 is 0 Å². The molecule has 0 bridgehead atoms. The Kier molecular flexibility index (Phi) is 4.13. The van der Waals surface area contributed by atoms with Gasteiger partial charge < -0.3 is 14.2 Å². The topological polar surface area (TPSA) is 44.8 Å². The molecule has 1 aliphatic carbocycles. The van der Waals surface area contributed by atoms with Crippen molar-refractivity contribution in [1.82, 2.24) is 0 Å². The molecule has 0 amide bonds. The van der Waals surface area contributed by atoms with Gasteiger partial charge in [-0.3, -0.25) is 4.79 Å². The highest BCUT2D eigenvalue weighted by Gasteiger charge is 2.58. The molecule has 5 heteroatoms. The van der Waals surface area contributed by atoms with Crippen molar-refractivity contribution < 1.29 is 19.0 Å². The zero-order valence-electron chi connectivity index (χ0n) is 9.13. The lowest BCUT2D eigenvalue weighted by Crippen LogP contribution is -2.55. The molecule has 0 aromatic heterocycles. The van der Waals surface area contributed by atoms with Crippen molar-refractivity contribution in [3.05, 3.63) is 10.8 Å². The molecule has 0 saturated heterocycles. The smallest absolute Gasteiger partial charge is 0.296 e. The van der Waals surface area contributed by atoms with Crippen LogP contribution >= 0.6 is 11.6 Å². The van der Waals surface area contributed by atoms with Crippen molar-refractivity contribution in [1.29, 1.82) is 0 Å². The molecule has 0 aromatic carbocycles. The van der Waals surface area contributed by atoms with Gasteiger partial charge >= 0.3 is 0 Å². The summed E-state index contributed by atoms with van der Waals surface area (Å²) in [5, 5.41) is 0.0683. The summed E-state index contributed by atoms with van der Waals surface area (Å²) < 4.78 is 15.9. The average Bonchev–Trinajstić information content (AvgIpc) is 2.24. The van der Waals surface area contributed by atoms with E-state index in [9.17, 15) is 4.79 Å². The van der Waals surface area contributed by atoms with Crippen LogP contribution in [0.25, 0.3) is 0 Å². The van der Waals surface area contributed by atoms with Gasteiger partial charge in [-0.2, -0.15) is 0 Å². The maximum atomic E-state index is 11.6. The molecule has 0 radical (unpaired) electrons. The molecule has 0 fully saturated rings. The molecule has 86 valence electrons. The van der Waals surface area contributed by atoms with Gasteiger partial charge in [0.05, 0.1) is 6.61 Å². The standard InChI is InChI=1S/C10H15ClO4/c1-4-13-9-7(11)8(12)10(9,14-5-2)15-6-3/h4-6H2,1-3H3. The Hall–Kier alpha value is -0.580. The summed E-state index contributed by atoms with van der Waals surface area (Å²) in [6.07, 6.45) is 0. The first-order chi connectivity index (χ1) is 7.14. The van der Waals surface area contributed by atoms with Crippen molar-refractivity contribution in [3.63, 3.8) is 0 Å². The fourth-order valence-electron chi connectivity index (χ4n) is 1.45. The zero-order valence-corrected chi connectivity index (χ0v) is 9.89. The van der Waals surface area contributed by atoms with E-state index in [0.29, 0.717) is 25.6 Å². The molecule has 15 heavy (non-hydrogen) atoms. The van der Waals surface area contributed by atoms with Gasteiger partial charge in [-0.15, -0.1) is 0 Å². The lowest BCUT2D eigenvalue weighted by atomic mass is 9.96. The predicted molar refractivity (Wildman–Crippen MR) is 55.5 cm³/mol. The highest BCUT2D eigenvalue weighted by atomic mass is 35.5. The third-order valence-corrected chi connectivity index (χ3v) is 2.32. The molecule has 0 unspecified atom stereocenters. The molecule has 0 spiro atoms. The number of hydrogen-bond acceptors (Lipinski definition) is 4. The summed E-state index contributed by atoms with van der Waals surface area (Å²) in [6, 6.07) is 0. The van der Waals surface area contributed by atoms with Crippen LogP contribution in [0, 0.1) is 0 Å². The van der Waals surface area contributed by atoms with Crippen LogP contribution in [0.4, 0.5) is 0 Å². The molecular formula is C10H15ClO4. The van der Waals surface area contributed by atoms with Crippen LogP contribution in [0.1, 0.15) is 20.8 Å². The summed E-state index contributed by atoms with van der Waals surface area (Å²) in [5.41, 5.74) is 0. The average molecular weight is 235 g/mol. The van der Waals surface area contributed by atoms with Crippen LogP contribution in [-0.4, -0.2) is 31.4 Å². The normalized spacial score (nSPS) is 19.1. The minimum absolute atomic E-state index is 0.0683. The number of carbonyl (C=O) groups is 1. The van der Waals surface area contributed by atoms with Crippen molar-refractivity contribution in [3.8, 4) is 0 Å². The van der Waals surface area contributed by atoms with Gasteiger partial charge in [0.25, 0.3) is 5.79 Å². The summed E-state index contributed by atoms with van der Waals surface area (Å²) in [6.45, 7) is 6.50. The van der Waals surface area contributed by atoms with Gasteiger partial charge in [0, 0.05) is 13.2 Å². The molecule has 1 rings (SSSR count). The SMILES string of the molecule is CCOC1=C(Cl)C(=O)C1(OCC)OCC. The number of ketones is 1. The fourth-order valence-corrected chi connectivity index (χ4v) is 1.75. The minimum atomic E-state index is -1.39. The van der Waals surface area contributed by atoms with Crippen molar-refractivity contribution in [2.75, 3.05) is 19.8 Å². The Morgan fingerprint density at radius 2 is 1.67 bits per heavy atom. The van der Waals surface area contributed by atoms with E-state index in [-0.39, 0.29) is 10.8 Å². The van der Waals surface area contributed by atoms with Crippen molar-refractivity contribution in [2.45, 2.75) is 26.6 Å². The predicted octanol–water partition coefficient (Wildman–Crippen LogP) is 1.83. The molecule has 0 heterocycles. The minimum Gasteiger partial charge on any atom is -0.490 e. The maximum absolute atomic E-state index is 11.6. The molecule has 0 aliphatic heterocycles. The lowest BCUT2D eigenvalue weighted by Gasteiger charge is -2.39. The second kappa shape index (κ2) is 4.96. The molecule has 0 atom stereocenters. The van der Waals surface area contributed by atoms with E-state index in [0.717, 1.165) is 0 Å². The number of ether oxygens (including phenoxy) is 3. The summed E-state index contributed by atoms with van der Waals surface area (Å²) in [4.78, 5) is 11.6. The monoisotopic (exact) mass is 234 g/mol. The second-order valence-corrected chi connectivity index (χ2v) is 3.27. The third-order valence-electron chi connectivity index (χ3n) is 1.98. The van der Waals surface area contributed by atoms with E-state index in [1.165, 1.54) is 0 Å². The Balaban J connectivity index is 2.93. The highest BCUT2D eigenvalue weighted by molar-refractivity contribution is 6.47. The number of Topliss-reactive ketones (excluding diaryl/α,β-unsaturated/α-hetero) is 1. The van der Waals surface area contributed by atoms with Crippen LogP contribution in [0.2, 0.25) is 0 Å². The first kappa shape index (κ1) is 12.5. The van der Waals surface area contributed by atoms with E-state index < -0.39 is 5.79 Å². The first-order valence-corrected chi connectivity index (χ1v) is 5.37. The van der Waals surface area contributed by atoms with Crippen LogP contribution < -0.4 is 0 Å². The first-order valence-electron chi connectivity index (χ1n) is 4.99. The summed E-state index contributed by atoms with van der Waals surface area (Å²) in [7, 11) is 0. The Bertz CT molecular complexity index is 279. The van der Waals surface area contributed by atoms with Gasteiger partial charge in [0.2, 0.25) is 5.78 Å². The Morgan fingerprint density at radius 1 is 1.13 bits per heavy atom. The molecular weight excluding hydrogens is 220 g/mol. The number of carbonyl (C=O) groups excluding carboxylic acids is 1. The second-order valence-electron chi connectivity index (χ2n) is 2.89. The van der Waals surface area contributed by atoms with E-state index in [2.05, 4.69) is 0 Å². The van der Waals surface area contributed by atoms with Crippen molar-refractivity contribution in [2.24, 2.45) is 0 Å². The van der Waals surface area contributed by atoms with E-state index in [1.807, 2.05) is 6.92 Å². The number of halogens is 1. The lowest BCUT2D eigenvalue weighted by molar-refractivity contribution is -0.229. The van der Waals surface area contributed by atoms with Gasteiger partial charge in [0.15, 0.2) is 5.76 Å². The largest absolute Gasteiger partial charge is 0.490 e. The maximum Gasteiger partial charge on any atom is 0.296 e. The quantitative estimate of drug-likeness (QED) is 0.658. The van der Waals surface area contributed by atoms with Crippen LogP contribution in [0.3, 0.4) is 0 Å². The molecule has 0 aromatic rings. The van der Waals surface area contributed by atoms with E-state index in [1.54, 1.807) is 13.8 Å². The van der Waals surface area contributed by atoms with Crippen LogP contribution in [-0.2, 0) is 19.0 Å². The molecule has 4 nitrogen and oxygen atoms in total. The van der Waals surface area contributed by atoms with Crippen LogP contribution in [0.5, 0.6) is 0 Å². The number of hydrogen-bond donors (Lipinski definition) is 0. The summed E-state index contributed by atoms with van der Waals surface area (Å²) >= 11 is 5.75. The summed E-state index contributed by atoms with van der Waals surface area (Å²) in [5.74, 6) is -1.46. The number of rotatable bonds is 6. The third kappa shape index (κ3) is 1.89. The van der Waals surface area contributed by atoms with Crippen molar-refractivity contribution >= 4 is 17.4 Å². The van der Waals surface area contributed by atoms with E-state index in [4.69, 9.17) is 25.8 Å². The molecule has 0 N–H and O–H groups in total. The molecule has 1 aliphatic rings. The van der Waals surface area contributed by atoms with Gasteiger partial charge in [-0.05, 0) is 20.8 Å². The van der Waals surface area contributed by atoms with Gasteiger partial charge in [0.1, 0.15) is 5.03 Å².